The molecule has 3 rings (SSSR count). The largest absolute Gasteiger partial charge is 0.482 e. The van der Waals surface area contributed by atoms with Crippen molar-refractivity contribution >= 4 is 39.4 Å². The molecule has 1 aliphatic rings. The average Bonchev–Trinajstić information content (AvgIpc) is 2.74. The number of aliphatic hydroxyl groups excluding tert-OH is 1. The van der Waals surface area contributed by atoms with Crippen molar-refractivity contribution in [2.75, 3.05) is 13.2 Å². The third-order valence-corrected chi connectivity index (χ3v) is 6.72. The van der Waals surface area contributed by atoms with E-state index in [2.05, 4.69) is 21.2 Å². The van der Waals surface area contributed by atoms with Crippen LogP contribution in [0.3, 0.4) is 0 Å². The van der Waals surface area contributed by atoms with Gasteiger partial charge in [-0.15, -0.1) is 0 Å². The van der Waals surface area contributed by atoms with Crippen LogP contribution in [-0.4, -0.2) is 40.8 Å². The number of hydrogen-bond acceptors (Lipinski definition) is 5. The van der Waals surface area contributed by atoms with Gasteiger partial charge in [0.15, 0.2) is 6.61 Å². The van der Waals surface area contributed by atoms with Crippen LogP contribution in [0, 0.1) is 6.92 Å². The quantitative estimate of drug-likeness (QED) is 0.447. The van der Waals surface area contributed by atoms with Crippen LogP contribution in [0.5, 0.6) is 5.75 Å². The zero-order chi connectivity index (χ0) is 24.2. The van der Waals surface area contributed by atoms with Gasteiger partial charge in [-0.05, 0) is 49.2 Å². The summed E-state index contributed by atoms with van der Waals surface area (Å²) in [5, 5.41) is 21.9. The number of aliphatic hydroxyl groups is 1. The van der Waals surface area contributed by atoms with Gasteiger partial charge >= 0.3 is 5.97 Å². The molecule has 1 amide bonds. The molecule has 3 N–H and O–H groups in total. The number of carboxylic acids is 1. The Kier molecular flexibility index (Phi) is 8.39. The molecule has 0 bridgehead atoms. The topological polar surface area (TPSA) is 105 Å². The molecule has 1 saturated heterocycles. The number of carbonyl (C=O) groups is 2. The Hall–Kier alpha value is -2.13. The lowest BCUT2D eigenvalue weighted by atomic mass is 9.81. The molecule has 2 aromatic carbocycles. The van der Waals surface area contributed by atoms with Gasteiger partial charge in [-0.3, -0.25) is 4.79 Å². The fourth-order valence-electron chi connectivity index (χ4n) is 4.04. The Bertz CT molecular complexity index is 1010. The van der Waals surface area contributed by atoms with Crippen molar-refractivity contribution in [1.82, 2.24) is 5.32 Å². The number of hydrogen-bond donors (Lipinski definition) is 3. The van der Waals surface area contributed by atoms with Crippen LogP contribution in [0.15, 0.2) is 40.9 Å². The van der Waals surface area contributed by atoms with E-state index in [0.29, 0.717) is 29.2 Å². The molecule has 33 heavy (non-hydrogen) atoms. The second-order valence-electron chi connectivity index (χ2n) is 8.48. The molecule has 0 aromatic heterocycles. The third kappa shape index (κ3) is 6.69. The molecule has 0 aliphatic carbocycles. The monoisotopic (exact) mass is 539 g/mol. The first kappa shape index (κ1) is 25.5. The van der Waals surface area contributed by atoms with E-state index in [1.54, 1.807) is 18.2 Å². The molecule has 1 aliphatic heterocycles. The number of carbonyl (C=O) groups excluding carboxylic acids is 1. The van der Waals surface area contributed by atoms with Crippen LogP contribution in [-0.2, 0) is 14.3 Å². The van der Waals surface area contributed by atoms with Crippen LogP contribution >= 0.6 is 27.5 Å². The number of carboxylic acid groups (broad SMARTS) is 1. The second kappa shape index (κ2) is 10.9. The molecule has 3 atom stereocenters. The van der Waals surface area contributed by atoms with Crippen molar-refractivity contribution in [3.63, 3.8) is 0 Å². The fraction of sp³-hybridized carbons (Fsp3) is 0.417. The summed E-state index contributed by atoms with van der Waals surface area (Å²) in [7, 11) is 0. The smallest absolute Gasteiger partial charge is 0.341 e. The van der Waals surface area contributed by atoms with Crippen molar-refractivity contribution in [3.05, 3.63) is 62.6 Å². The highest BCUT2D eigenvalue weighted by Gasteiger charge is 2.41. The molecule has 2 aromatic rings. The lowest BCUT2D eigenvalue weighted by Crippen LogP contribution is -2.51. The van der Waals surface area contributed by atoms with Gasteiger partial charge < -0.3 is 25.0 Å². The van der Waals surface area contributed by atoms with Crippen LogP contribution < -0.4 is 10.1 Å². The summed E-state index contributed by atoms with van der Waals surface area (Å²) in [5.41, 5.74) is 1.85. The number of aliphatic carboxylic acids is 1. The summed E-state index contributed by atoms with van der Waals surface area (Å²) in [6.07, 6.45) is 0.122. The molecule has 178 valence electrons. The zero-order valence-corrected chi connectivity index (χ0v) is 20.8. The Morgan fingerprint density at radius 3 is 2.55 bits per heavy atom. The molecule has 0 saturated carbocycles. The van der Waals surface area contributed by atoms with E-state index < -0.39 is 24.2 Å². The second-order valence-corrected chi connectivity index (χ2v) is 9.77. The Labute approximate surface area is 206 Å². The fourth-order valence-corrected chi connectivity index (χ4v) is 4.53. The van der Waals surface area contributed by atoms with E-state index in [4.69, 9.17) is 31.3 Å². The van der Waals surface area contributed by atoms with Gasteiger partial charge in [0.1, 0.15) is 5.75 Å². The number of halogens is 2. The first-order valence-corrected chi connectivity index (χ1v) is 11.7. The minimum atomic E-state index is -1.08. The SMILES string of the molecule is Cc1cc(OCC(=O)O)c([C@H]2C[C@](C)(NC(=O)CCO)C[C@@H](c3ccc(Cl)cc3)O2)cc1Br. The summed E-state index contributed by atoms with van der Waals surface area (Å²) < 4.78 is 12.9. The summed E-state index contributed by atoms with van der Waals surface area (Å²) in [6.45, 7) is 3.12. The Balaban J connectivity index is 2.00. The van der Waals surface area contributed by atoms with Crippen LogP contribution in [0.4, 0.5) is 0 Å². The van der Waals surface area contributed by atoms with Gasteiger partial charge in [0.25, 0.3) is 0 Å². The highest BCUT2D eigenvalue weighted by atomic mass is 79.9. The molecule has 1 fully saturated rings. The average molecular weight is 541 g/mol. The number of aryl methyl sites for hydroxylation is 1. The predicted octanol–water partition coefficient (Wildman–Crippen LogP) is 4.72. The minimum absolute atomic E-state index is 0.00970. The number of benzene rings is 2. The Morgan fingerprint density at radius 2 is 1.91 bits per heavy atom. The summed E-state index contributed by atoms with van der Waals surface area (Å²) in [6, 6.07) is 11.0. The molecule has 9 heteroatoms. The molecule has 7 nitrogen and oxygen atoms in total. The van der Waals surface area contributed by atoms with Crippen molar-refractivity contribution < 1.29 is 29.3 Å². The predicted molar refractivity (Wildman–Crippen MR) is 128 cm³/mol. The number of nitrogens with one attached hydrogen (secondary N) is 1. The van der Waals surface area contributed by atoms with E-state index in [1.165, 1.54) is 0 Å². The van der Waals surface area contributed by atoms with Gasteiger partial charge in [0.05, 0.1) is 18.8 Å². The third-order valence-electron chi connectivity index (χ3n) is 5.61. The van der Waals surface area contributed by atoms with E-state index in [-0.39, 0.29) is 25.0 Å². The summed E-state index contributed by atoms with van der Waals surface area (Å²) >= 11 is 9.60. The van der Waals surface area contributed by atoms with Gasteiger partial charge in [-0.25, -0.2) is 4.79 Å². The molecule has 0 unspecified atom stereocenters. The number of ether oxygens (including phenoxy) is 2. The van der Waals surface area contributed by atoms with Crippen LogP contribution in [0.25, 0.3) is 0 Å². The molecule has 1 heterocycles. The maximum Gasteiger partial charge on any atom is 0.341 e. The van der Waals surface area contributed by atoms with Gasteiger partial charge in [-0.1, -0.05) is 39.7 Å². The molecular weight excluding hydrogens is 514 g/mol. The van der Waals surface area contributed by atoms with Crippen LogP contribution in [0.2, 0.25) is 5.02 Å². The lowest BCUT2D eigenvalue weighted by molar-refractivity contribution is -0.139. The first-order valence-electron chi connectivity index (χ1n) is 10.6. The zero-order valence-electron chi connectivity index (χ0n) is 18.4. The van der Waals surface area contributed by atoms with E-state index in [1.807, 2.05) is 32.0 Å². The van der Waals surface area contributed by atoms with E-state index in [0.717, 1.165) is 15.6 Å². The summed E-state index contributed by atoms with van der Waals surface area (Å²) in [4.78, 5) is 23.5. The van der Waals surface area contributed by atoms with Gasteiger partial charge in [0, 0.05) is 39.9 Å². The highest BCUT2D eigenvalue weighted by Crippen LogP contribution is 2.46. The standard InChI is InChI=1S/C24H27BrClNO6/c1-14-9-19(32-13-23(30)31)17(10-18(14)25)21-12-24(2,27-22(29)7-8-28)11-20(33-21)15-3-5-16(26)6-4-15/h3-6,9-10,20-21,28H,7-8,11-13H2,1-2H3,(H,27,29)(H,30,31)/t20-,21+,24+/m0/s1. The van der Waals surface area contributed by atoms with E-state index in [9.17, 15) is 9.59 Å². The number of rotatable bonds is 8. The lowest BCUT2D eigenvalue weighted by Gasteiger charge is -2.43. The first-order chi connectivity index (χ1) is 15.6. The van der Waals surface area contributed by atoms with Crippen molar-refractivity contribution in [1.29, 1.82) is 0 Å². The molecule has 0 spiro atoms. The Morgan fingerprint density at radius 1 is 1.24 bits per heavy atom. The van der Waals surface area contributed by atoms with Crippen molar-refractivity contribution in [3.8, 4) is 5.75 Å². The molecular formula is C24H27BrClNO6. The van der Waals surface area contributed by atoms with Crippen molar-refractivity contribution in [2.45, 2.75) is 50.9 Å². The maximum absolute atomic E-state index is 12.4. The minimum Gasteiger partial charge on any atom is -0.482 e. The van der Waals surface area contributed by atoms with Crippen molar-refractivity contribution in [2.24, 2.45) is 0 Å². The van der Waals surface area contributed by atoms with E-state index >= 15 is 0 Å². The normalized spacial score (nSPS) is 22.6. The number of amides is 1. The molecule has 0 radical (unpaired) electrons. The van der Waals surface area contributed by atoms with Crippen LogP contribution in [0.1, 0.15) is 55.1 Å². The van der Waals surface area contributed by atoms with Gasteiger partial charge in [0.2, 0.25) is 5.91 Å². The summed E-state index contributed by atoms with van der Waals surface area (Å²) in [5.74, 6) is -0.905. The van der Waals surface area contributed by atoms with Gasteiger partial charge in [-0.2, -0.15) is 0 Å². The maximum atomic E-state index is 12.4. The highest BCUT2D eigenvalue weighted by molar-refractivity contribution is 9.10.